The quantitative estimate of drug-likeness (QED) is 0.579. The number of ether oxygens (including phenoxy) is 1. The topological polar surface area (TPSA) is 12.5 Å². The molecule has 1 saturated heterocycles. The Morgan fingerprint density at radius 1 is 1.40 bits per heavy atom. The van der Waals surface area contributed by atoms with Gasteiger partial charge in [-0.25, -0.2) is 4.39 Å². The predicted molar refractivity (Wildman–Crippen MR) is 40.0 cm³/mol. The van der Waals surface area contributed by atoms with Crippen molar-refractivity contribution in [1.82, 2.24) is 4.90 Å². The van der Waals surface area contributed by atoms with Crippen molar-refractivity contribution in [3.8, 4) is 0 Å². The summed E-state index contributed by atoms with van der Waals surface area (Å²) < 4.78 is 15.7. The second-order valence-electron chi connectivity index (χ2n) is 2.29. The summed E-state index contributed by atoms with van der Waals surface area (Å²) in [6.07, 6.45) is 1.26. The molecule has 0 aliphatic carbocycles. The van der Waals surface area contributed by atoms with E-state index in [1.807, 2.05) is 0 Å². The van der Waals surface area contributed by atoms with Crippen molar-refractivity contribution >= 4 is 0 Å². The molecule has 0 spiro atoms. The Kier molecular flexibility index (Phi) is 6.86. The Hall–Kier alpha value is -0.150. The van der Waals surface area contributed by atoms with Crippen LogP contribution in [0.3, 0.4) is 0 Å². The maximum atomic E-state index is 11.4. The van der Waals surface area contributed by atoms with Gasteiger partial charge in [-0.05, 0) is 19.5 Å². The number of likely N-dealkylation sites (tertiary alicyclic amines) is 1. The van der Waals surface area contributed by atoms with Gasteiger partial charge in [-0.15, -0.1) is 0 Å². The number of alkyl halides is 1. The zero-order valence-corrected chi connectivity index (χ0v) is 6.77. The first-order chi connectivity index (χ1) is 4.85. The van der Waals surface area contributed by atoms with E-state index in [0.717, 1.165) is 13.1 Å². The third kappa shape index (κ3) is 4.70. The van der Waals surface area contributed by atoms with Crippen LogP contribution in [-0.4, -0.2) is 45.4 Å². The molecule has 1 fully saturated rings. The summed E-state index contributed by atoms with van der Waals surface area (Å²) in [7, 11) is 3.25. The van der Waals surface area contributed by atoms with Crippen LogP contribution in [0.1, 0.15) is 6.42 Å². The van der Waals surface area contributed by atoms with E-state index in [1.165, 1.54) is 6.42 Å². The third-order valence-corrected chi connectivity index (χ3v) is 1.35. The Bertz CT molecular complexity index is 66.6. The molecule has 0 aromatic heterocycles. The number of halogens is 1. The van der Waals surface area contributed by atoms with Crippen LogP contribution >= 0.6 is 0 Å². The average Bonchev–Trinajstić information content (AvgIpc) is 1.81. The van der Waals surface area contributed by atoms with E-state index in [9.17, 15) is 4.39 Å². The highest BCUT2D eigenvalue weighted by Gasteiger charge is 2.11. The van der Waals surface area contributed by atoms with Gasteiger partial charge in [0.05, 0.1) is 0 Å². The molecule has 2 nitrogen and oxygen atoms in total. The van der Waals surface area contributed by atoms with E-state index >= 15 is 0 Å². The standard InChI is InChI=1S/C5H10FN.C2H6O/c6-2-5-7-3-1-4-7;1-3-2/h1-5H2;1-2H3. The van der Waals surface area contributed by atoms with Gasteiger partial charge in [0.2, 0.25) is 0 Å². The summed E-state index contributed by atoms with van der Waals surface area (Å²) in [6, 6.07) is 0. The van der Waals surface area contributed by atoms with Gasteiger partial charge in [0.25, 0.3) is 0 Å². The first-order valence-electron chi connectivity index (χ1n) is 3.53. The van der Waals surface area contributed by atoms with Gasteiger partial charge in [-0.2, -0.15) is 0 Å². The molecular formula is C7H16FNO. The van der Waals surface area contributed by atoms with Crippen LogP contribution in [0.15, 0.2) is 0 Å². The molecule has 1 aliphatic rings. The highest BCUT2D eigenvalue weighted by Crippen LogP contribution is 2.03. The fourth-order valence-electron chi connectivity index (χ4n) is 0.725. The third-order valence-electron chi connectivity index (χ3n) is 1.35. The van der Waals surface area contributed by atoms with Crippen molar-refractivity contribution in [1.29, 1.82) is 0 Å². The second kappa shape index (κ2) is 6.96. The SMILES string of the molecule is COC.FCCN1CCC1. The van der Waals surface area contributed by atoms with Crippen LogP contribution in [0.5, 0.6) is 0 Å². The fourth-order valence-corrected chi connectivity index (χ4v) is 0.725. The van der Waals surface area contributed by atoms with E-state index in [4.69, 9.17) is 0 Å². The van der Waals surface area contributed by atoms with Crippen molar-refractivity contribution < 1.29 is 9.13 Å². The van der Waals surface area contributed by atoms with Crippen molar-refractivity contribution in [3.63, 3.8) is 0 Å². The molecule has 1 heterocycles. The van der Waals surface area contributed by atoms with Crippen LogP contribution in [0, 0.1) is 0 Å². The molecule has 0 unspecified atom stereocenters. The number of hydrogen-bond donors (Lipinski definition) is 0. The summed E-state index contributed by atoms with van der Waals surface area (Å²) in [5, 5.41) is 0. The molecule has 0 amide bonds. The molecule has 1 rings (SSSR count). The van der Waals surface area contributed by atoms with Crippen LogP contribution < -0.4 is 0 Å². The van der Waals surface area contributed by atoms with E-state index in [2.05, 4.69) is 9.64 Å². The highest BCUT2D eigenvalue weighted by atomic mass is 19.1. The highest BCUT2D eigenvalue weighted by molar-refractivity contribution is 4.66. The molecular weight excluding hydrogens is 133 g/mol. The summed E-state index contributed by atoms with van der Waals surface area (Å²) in [5.41, 5.74) is 0. The van der Waals surface area contributed by atoms with Gasteiger partial charge in [-0.3, -0.25) is 0 Å². The lowest BCUT2D eigenvalue weighted by atomic mass is 10.2. The number of hydrogen-bond acceptors (Lipinski definition) is 2. The van der Waals surface area contributed by atoms with Gasteiger partial charge in [-0.1, -0.05) is 0 Å². The Balaban J connectivity index is 0.000000236. The Labute approximate surface area is 62.0 Å². The van der Waals surface area contributed by atoms with E-state index in [1.54, 1.807) is 14.2 Å². The van der Waals surface area contributed by atoms with Crippen LogP contribution in [0.2, 0.25) is 0 Å². The van der Waals surface area contributed by atoms with E-state index in [0.29, 0.717) is 6.54 Å². The average molecular weight is 149 g/mol. The summed E-state index contributed by atoms with van der Waals surface area (Å²) in [6.45, 7) is 2.70. The maximum absolute atomic E-state index is 11.4. The van der Waals surface area contributed by atoms with Gasteiger partial charge in [0, 0.05) is 20.8 Å². The zero-order valence-electron chi connectivity index (χ0n) is 6.77. The lowest BCUT2D eigenvalue weighted by Crippen LogP contribution is -2.38. The fraction of sp³-hybridized carbons (Fsp3) is 1.00. The van der Waals surface area contributed by atoms with Gasteiger partial charge >= 0.3 is 0 Å². The Morgan fingerprint density at radius 3 is 2.00 bits per heavy atom. The normalized spacial score (nSPS) is 17.1. The van der Waals surface area contributed by atoms with Gasteiger partial charge < -0.3 is 9.64 Å². The lowest BCUT2D eigenvalue weighted by Gasteiger charge is -2.29. The largest absolute Gasteiger partial charge is 0.388 e. The molecule has 0 aromatic carbocycles. The molecule has 1 aliphatic heterocycles. The van der Waals surface area contributed by atoms with Crippen LogP contribution in [0.4, 0.5) is 4.39 Å². The molecule has 0 aromatic rings. The summed E-state index contributed by atoms with van der Waals surface area (Å²) >= 11 is 0. The molecule has 0 radical (unpaired) electrons. The van der Waals surface area contributed by atoms with Crippen molar-refractivity contribution in [2.75, 3.05) is 40.5 Å². The minimum Gasteiger partial charge on any atom is -0.388 e. The smallest absolute Gasteiger partial charge is 0.102 e. The monoisotopic (exact) mass is 149 g/mol. The number of rotatable bonds is 2. The Morgan fingerprint density at radius 2 is 1.90 bits per heavy atom. The molecule has 10 heavy (non-hydrogen) atoms. The van der Waals surface area contributed by atoms with Crippen LogP contribution in [-0.2, 0) is 4.74 Å². The molecule has 0 atom stereocenters. The summed E-state index contributed by atoms with van der Waals surface area (Å²) in [4.78, 5) is 2.11. The molecule has 3 heteroatoms. The molecule has 0 saturated carbocycles. The van der Waals surface area contributed by atoms with E-state index < -0.39 is 0 Å². The van der Waals surface area contributed by atoms with Crippen molar-refractivity contribution in [2.45, 2.75) is 6.42 Å². The number of nitrogens with zero attached hydrogens (tertiary/aromatic N) is 1. The minimum absolute atomic E-state index is 0.181. The van der Waals surface area contributed by atoms with Gasteiger partial charge in [0.1, 0.15) is 6.67 Å². The van der Waals surface area contributed by atoms with Crippen molar-refractivity contribution in [2.24, 2.45) is 0 Å². The molecule has 62 valence electrons. The molecule has 0 N–H and O–H groups in total. The minimum atomic E-state index is -0.181. The molecule has 0 bridgehead atoms. The second-order valence-corrected chi connectivity index (χ2v) is 2.29. The lowest BCUT2D eigenvalue weighted by molar-refractivity contribution is 0.167. The van der Waals surface area contributed by atoms with Crippen molar-refractivity contribution in [3.05, 3.63) is 0 Å². The maximum Gasteiger partial charge on any atom is 0.102 e. The first kappa shape index (κ1) is 9.85. The number of methoxy groups -OCH3 is 1. The van der Waals surface area contributed by atoms with E-state index in [-0.39, 0.29) is 6.67 Å². The zero-order chi connectivity index (χ0) is 7.82. The van der Waals surface area contributed by atoms with Crippen LogP contribution in [0.25, 0.3) is 0 Å². The predicted octanol–water partition coefficient (Wildman–Crippen LogP) is 0.924. The van der Waals surface area contributed by atoms with Gasteiger partial charge in [0.15, 0.2) is 0 Å². The first-order valence-corrected chi connectivity index (χ1v) is 3.53. The summed E-state index contributed by atoms with van der Waals surface area (Å²) in [5.74, 6) is 0.